The van der Waals surface area contributed by atoms with E-state index in [1.165, 1.54) is 12.1 Å². The van der Waals surface area contributed by atoms with Crippen molar-refractivity contribution in [3.63, 3.8) is 0 Å². The van der Waals surface area contributed by atoms with Gasteiger partial charge in [-0.1, -0.05) is 15.9 Å². The Hall–Kier alpha value is -0.980. The highest BCUT2D eigenvalue weighted by Crippen LogP contribution is 2.19. The lowest BCUT2D eigenvalue weighted by Gasteiger charge is -2.22. The number of nitrogens with one attached hydrogen (secondary N) is 2. The minimum Gasteiger partial charge on any atom is -0.378 e. The van der Waals surface area contributed by atoms with Gasteiger partial charge in [-0.2, -0.15) is 0 Å². The molecule has 0 saturated carbocycles. The third-order valence-electron chi connectivity index (χ3n) is 2.43. The van der Waals surface area contributed by atoms with E-state index in [4.69, 9.17) is 4.74 Å². The van der Waals surface area contributed by atoms with E-state index in [0.29, 0.717) is 24.2 Å². The van der Waals surface area contributed by atoms with Crippen molar-refractivity contribution in [1.82, 2.24) is 5.32 Å². The standard InChI is InChI=1S/C11H12BrFN2O2/c12-7-1-2-9(8(13)5-7)15-11(16)10-6-17-4-3-14-10/h1-2,5,10,14H,3-4,6H2,(H,15,16). The van der Waals surface area contributed by atoms with Gasteiger partial charge in [0.1, 0.15) is 11.9 Å². The van der Waals surface area contributed by atoms with Crippen molar-refractivity contribution in [2.75, 3.05) is 25.1 Å². The molecule has 17 heavy (non-hydrogen) atoms. The number of carbonyl (C=O) groups is 1. The smallest absolute Gasteiger partial charge is 0.243 e. The molecule has 1 unspecified atom stereocenters. The van der Waals surface area contributed by atoms with Gasteiger partial charge >= 0.3 is 0 Å². The van der Waals surface area contributed by atoms with Crippen LogP contribution < -0.4 is 10.6 Å². The molecule has 1 aromatic rings. The van der Waals surface area contributed by atoms with E-state index < -0.39 is 11.9 Å². The molecule has 1 atom stereocenters. The molecule has 2 rings (SSSR count). The first-order chi connectivity index (χ1) is 8.16. The van der Waals surface area contributed by atoms with Crippen LogP contribution in [-0.2, 0) is 9.53 Å². The molecule has 1 amide bonds. The van der Waals surface area contributed by atoms with Crippen molar-refractivity contribution in [3.05, 3.63) is 28.5 Å². The zero-order valence-electron chi connectivity index (χ0n) is 9.00. The van der Waals surface area contributed by atoms with Gasteiger partial charge in [-0.05, 0) is 18.2 Å². The summed E-state index contributed by atoms with van der Waals surface area (Å²) >= 11 is 3.15. The minimum atomic E-state index is -0.468. The lowest BCUT2D eigenvalue weighted by atomic mass is 10.2. The summed E-state index contributed by atoms with van der Waals surface area (Å²) in [6.07, 6.45) is 0. The fraction of sp³-hybridized carbons (Fsp3) is 0.364. The summed E-state index contributed by atoms with van der Waals surface area (Å²) in [6, 6.07) is 4.07. The van der Waals surface area contributed by atoms with Crippen LogP contribution in [0.4, 0.5) is 10.1 Å². The fourth-order valence-corrected chi connectivity index (χ4v) is 1.88. The predicted molar refractivity (Wildman–Crippen MR) is 65.3 cm³/mol. The van der Waals surface area contributed by atoms with Crippen LogP contribution >= 0.6 is 15.9 Å². The van der Waals surface area contributed by atoms with Gasteiger partial charge in [-0.15, -0.1) is 0 Å². The Morgan fingerprint density at radius 2 is 2.41 bits per heavy atom. The van der Waals surface area contributed by atoms with Crippen molar-refractivity contribution in [2.24, 2.45) is 0 Å². The van der Waals surface area contributed by atoms with Crippen molar-refractivity contribution in [2.45, 2.75) is 6.04 Å². The van der Waals surface area contributed by atoms with Crippen molar-refractivity contribution < 1.29 is 13.9 Å². The van der Waals surface area contributed by atoms with Crippen LogP contribution in [0.2, 0.25) is 0 Å². The summed E-state index contributed by atoms with van der Waals surface area (Å²) < 4.78 is 19.3. The van der Waals surface area contributed by atoms with Gasteiger partial charge in [0.15, 0.2) is 0 Å². The SMILES string of the molecule is O=C(Nc1ccc(Br)cc1F)C1COCCN1. The molecule has 0 bridgehead atoms. The first-order valence-corrected chi connectivity index (χ1v) is 6.03. The third-order valence-corrected chi connectivity index (χ3v) is 2.92. The lowest BCUT2D eigenvalue weighted by molar-refractivity contribution is -0.120. The van der Waals surface area contributed by atoms with E-state index >= 15 is 0 Å². The zero-order valence-corrected chi connectivity index (χ0v) is 10.6. The molecule has 1 fully saturated rings. The number of amides is 1. The van der Waals surface area contributed by atoms with Crippen LogP contribution in [-0.4, -0.2) is 31.7 Å². The number of benzene rings is 1. The molecule has 0 spiro atoms. The predicted octanol–water partition coefficient (Wildman–Crippen LogP) is 1.52. The Morgan fingerprint density at radius 3 is 3.06 bits per heavy atom. The summed E-state index contributed by atoms with van der Waals surface area (Å²) in [5, 5.41) is 5.53. The average molecular weight is 303 g/mol. The van der Waals surface area contributed by atoms with Crippen molar-refractivity contribution in [3.8, 4) is 0 Å². The summed E-state index contributed by atoms with van der Waals surface area (Å²) in [6.45, 7) is 1.53. The topological polar surface area (TPSA) is 50.4 Å². The monoisotopic (exact) mass is 302 g/mol. The number of halogens is 2. The summed E-state index contributed by atoms with van der Waals surface area (Å²) in [5.74, 6) is -0.754. The largest absolute Gasteiger partial charge is 0.378 e. The second kappa shape index (κ2) is 5.57. The molecule has 92 valence electrons. The molecule has 6 heteroatoms. The molecule has 0 aliphatic carbocycles. The number of hydrogen-bond donors (Lipinski definition) is 2. The van der Waals surface area contributed by atoms with Crippen molar-refractivity contribution >= 4 is 27.5 Å². The Kier molecular flexibility index (Phi) is 4.09. The maximum atomic E-state index is 13.5. The highest BCUT2D eigenvalue weighted by molar-refractivity contribution is 9.10. The summed E-state index contributed by atoms with van der Waals surface area (Å²) in [4.78, 5) is 11.8. The van der Waals surface area contributed by atoms with Crippen molar-refractivity contribution in [1.29, 1.82) is 0 Å². The first-order valence-electron chi connectivity index (χ1n) is 5.24. The quantitative estimate of drug-likeness (QED) is 0.871. The minimum absolute atomic E-state index is 0.172. The molecule has 0 aromatic heterocycles. The normalized spacial score (nSPS) is 20.0. The highest BCUT2D eigenvalue weighted by Gasteiger charge is 2.21. The number of anilines is 1. The number of hydrogen-bond acceptors (Lipinski definition) is 3. The molecule has 1 aromatic carbocycles. The van der Waals surface area contributed by atoms with Crippen LogP contribution in [0.25, 0.3) is 0 Å². The molecule has 1 heterocycles. The Labute approximate surface area is 107 Å². The third kappa shape index (κ3) is 3.24. The van der Waals surface area contributed by atoms with E-state index in [2.05, 4.69) is 26.6 Å². The maximum absolute atomic E-state index is 13.5. The molecular formula is C11H12BrFN2O2. The van der Waals surface area contributed by atoms with Gasteiger partial charge < -0.3 is 15.4 Å². The molecule has 1 saturated heterocycles. The van der Waals surface area contributed by atoms with E-state index in [1.807, 2.05) is 0 Å². The van der Waals surface area contributed by atoms with Gasteiger partial charge in [-0.25, -0.2) is 4.39 Å². The second-order valence-corrected chi connectivity index (χ2v) is 4.61. The Balaban J connectivity index is 2.02. The summed E-state index contributed by atoms with van der Waals surface area (Å²) in [5.41, 5.74) is 0.172. The van der Waals surface area contributed by atoms with Crippen LogP contribution in [0.15, 0.2) is 22.7 Å². The highest BCUT2D eigenvalue weighted by atomic mass is 79.9. The van der Waals surface area contributed by atoms with E-state index in [1.54, 1.807) is 6.07 Å². The number of carbonyl (C=O) groups excluding carboxylic acids is 1. The Bertz CT molecular complexity index is 422. The van der Waals surface area contributed by atoms with Gasteiger partial charge in [0.2, 0.25) is 5.91 Å². The Morgan fingerprint density at radius 1 is 1.59 bits per heavy atom. The number of rotatable bonds is 2. The van der Waals surface area contributed by atoms with Crippen LogP contribution in [0.3, 0.4) is 0 Å². The van der Waals surface area contributed by atoms with Gasteiger partial charge in [0, 0.05) is 11.0 Å². The van der Waals surface area contributed by atoms with E-state index in [9.17, 15) is 9.18 Å². The molecule has 1 aliphatic rings. The first kappa shape index (κ1) is 12.5. The molecule has 1 aliphatic heterocycles. The number of ether oxygens (including phenoxy) is 1. The fourth-order valence-electron chi connectivity index (χ4n) is 1.54. The maximum Gasteiger partial charge on any atom is 0.243 e. The molecule has 2 N–H and O–H groups in total. The van der Waals surface area contributed by atoms with Crippen LogP contribution in [0, 0.1) is 5.82 Å². The number of morpholine rings is 1. The molecule has 4 nitrogen and oxygen atoms in total. The average Bonchev–Trinajstić information content (AvgIpc) is 2.34. The zero-order chi connectivity index (χ0) is 12.3. The van der Waals surface area contributed by atoms with Gasteiger partial charge in [0.25, 0.3) is 0 Å². The molecular weight excluding hydrogens is 291 g/mol. The van der Waals surface area contributed by atoms with E-state index in [0.717, 1.165) is 0 Å². The molecule has 0 radical (unpaired) electrons. The summed E-state index contributed by atoms with van der Waals surface area (Å²) in [7, 11) is 0. The van der Waals surface area contributed by atoms with Crippen LogP contribution in [0.1, 0.15) is 0 Å². The lowest BCUT2D eigenvalue weighted by Crippen LogP contribution is -2.48. The second-order valence-electron chi connectivity index (χ2n) is 3.70. The van der Waals surface area contributed by atoms with Gasteiger partial charge in [0.05, 0.1) is 18.9 Å². The van der Waals surface area contributed by atoms with Crippen LogP contribution in [0.5, 0.6) is 0 Å². The van der Waals surface area contributed by atoms with E-state index in [-0.39, 0.29) is 11.6 Å². The van der Waals surface area contributed by atoms with Gasteiger partial charge in [-0.3, -0.25) is 4.79 Å².